The normalized spacial score (nSPS) is 12.9. The van der Waals surface area contributed by atoms with Gasteiger partial charge in [0.2, 0.25) is 0 Å². The van der Waals surface area contributed by atoms with Crippen molar-refractivity contribution >= 4 is 15.9 Å². The van der Waals surface area contributed by atoms with Crippen molar-refractivity contribution in [2.75, 3.05) is 0 Å². The highest BCUT2D eigenvalue weighted by Gasteiger charge is 2.22. The van der Waals surface area contributed by atoms with Crippen LogP contribution in [0.4, 0.5) is 0 Å². The molecule has 1 aromatic rings. The highest BCUT2D eigenvalue weighted by Crippen LogP contribution is 2.30. The Hall–Kier alpha value is -1.36. The molecule has 0 radical (unpaired) electrons. The molecule has 0 spiro atoms. The first-order valence-electron chi connectivity index (χ1n) is 5.73. The molecule has 0 saturated carbocycles. The second-order valence-corrected chi connectivity index (χ2v) is 6.20. The molecule has 1 rings (SSSR count). The zero-order chi connectivity index (χ0) is 14.2. The summed E-state index contributed by atoms with van der Waals surface area (Å²) in [7, 11) is -3.72. The first-order valence-corrected chi connectivity index (χ1v) is 7.17. The Morgan fingerprint density at radius 2 is 1.22 bits per heavy atom. The zero-order valence-corrected chi connectivity index (χ0v) is 12.6. The maximum atomic E-state index is 12.2. The number of sulfonamides is 1. The van der Waals surface area contributed by atoms with Gasteiger partial charge in [-0.15, -0.1) is 4.40 Å². The van der Waals surface area contributed by atoms with E-state index in [2.05, 4.69) is 4.40 Å². The Balaban J connectivity index is 3.78. The molecule has 0 bridgehead atoms. The van der Waals surface area contributed by atoms with Crippen molar-refractivity contribution in [3.05, 3.63) is 27.8 Å². The molecule has 0 heterocycles. The summed E-state index contributed by atoms with van der Waals surface area (Å²) in [5.41, 5.74) is 9.99. The Labute approximate surface area is 109 Å². The van der Waals surface area contributed by atoms with E-state index in [4.69, 9.17) is 5.73 Å². The van der Waals surface area contributed by atoms with Gasteiger partial charge in [-0.05, 0) is 69.4 Å². The van der Waals surface area contributed by atoms with Gasteiger partial charge in [-0.25, -0.2) is 0 Å². The summed E-state index contributed by atoms with van der Waals surface area (Å²) >= 11 is 0. The highest BCUT2D eigenvalue weighted by molar-refractivity contribution is 7.90. The SMILES string of the molecule is C/C(N)=N/S(=O)(=O)c1c(C)c(C)c(C)c(C)c1C. The number of rotatable bonds is 2. The maximum absolute atomic E-state index is 12.2. The van der Waals surface area contributed by atoms with Gasteiger partial charge in [0.15, 0.2) is 0 Å². The summed E-state index contributed by atoms with van der Waals surface area (Å²) in [6.07, 6.45) is 0. The molecule has 0 aliphatic heterocycles. The van der Waals surface area contributed by atoms with Crippen LogP contribution in [0.3, 0.4) is 0 Å². The maximum Gasteiger partial charge on any atom is 0.284 e. The summed E-state index contributed by atoms with van der Waals surface area (Å²) in [5, 5.41) is 0. The van der Waals surface area contributed by atoms with Crippen LogP contribution in [0.1, 0.15) is 34.7 Å². The molecule has 4 nitrogen and oxygen atoms in total. The minimum absolute atomic E-state index is 0.0460. The van der Waals surface area contributed by atoms with Gasteiger partial charge in [0, 0.05) is 0 Å². The molecule has 1 aromatic carbocycles. The van der Waals surface area contributed by atoms with E-state index in [-0.39, 0.29) is 10.7 Å². The van der Waals surface area contributed by atoms with Crippen LogP contribution in [0.5, 0.6) is 0 Å². The lowest BCUT2D eigenvalue weighted by molar-refractivity contribution is 0.596. The van der Waals surface area contributed by atoms with Crippen LogP contribution in [0, 0.1) is 34.6 Å². The van der Waals surface area contributed by atoms with Crippen LogP contribution in [0.15, 0.2) is 9.29 Å². The second kappa shape index (κ2) is 4.72. The lowest BCUT2D eigenvalue weighted by Crippen LogP contribution is -2.13. The fourth-order valence-electron chi connectivity index (χ4n) is 2.09. The van der Waals surface area contributed by atoms with E-state index in [9.17, 15) is 8.42 Å². The first-order chi connectivity index (χ1) is 8.09. The summed E-state index contributed by atoms with van der Waals surface area (Å²) in [6.45, 7) is 10.9. The van der Waals surface area contributed by atoms with E-state index in [1.165, 1.54) is 6.92 Å². The number of nitrogens with zero attached hydrogens (tertiary/aromatic N) is 1. The van der Waals surface area contributed by atoms with Gasteiger partial charge >= 0.3 is 0 Å². The first kappa shape index (κ1) is 14.7. The van der Waals surface area contributed by atoms with Crippen molar-refractivity contribution in [2.45, 2.75) is 46.4 Å². The van der Waals surface area contributed by atoms with Crippen LogP contribution in [-0.4, -0.2) is 14.3 Å². The van der Waals surface area contributed by atoms with E-state index in [1.54, 1.807) is 0 Å². The van der Waals surface area contributed by atoms with E-state index in [0.29, 0.717) is 0 Å². The zero-order valence-electron chi connectivity index (χ0n) is 11.7. The van der Waals surface area contributed by atoms with E-state index >= 15 is 0 Å². The van der Waals surface area contributed by atoms with Gasteiger partial charge in [-0.1, -0.05) is 0 Å². The molecule has 5 heteroatoms. The van der Waals surface area contributed by atoms with Gasteiger partial charge in [0.05, 0.1) is 4.90 Å². The molecule has 0 aliphatic rings. The van der Waals surface area contributed by atoms with Crippen molar-refractivity contribution in [1.29, 1.82) is 0 Å². The standard InChI is InChI=1S/C13H20N2O2S/c1-7-8(2)10(4)13(11(5)9(7)3)18(16,17)15-12(6)14/h1-6H3,(H2,14,15). The molecular weight excluding hydrogens is 248 g/mol. The second-order valence-electron chi connectivity index (χ2n) is 4.66. The topological polar surface area (TPSA) is 72.5 Å². The highest BCUT2D eigenvalue weighted by atomic mass is 32.2. The lowest BCUT2D eigenvalue weighted by atomic mass is 9.95. The summed E-state index contributed by atoms with van der Waals surface area (Å²) in [6, 6.07) is 0. The molecule has 0 aliphatic carbocycles. The molecule has 2 N–H and O–H groups in total. The third-order valence-electron chi connectivity index (χ3n) is 3.45. The molecule has 0 aromatic heterocycles. The van der Waals surface area contributed by atoms with Crippen molar-refractivity contribution in [2.24, 2.45) is 10.1 Å². The average molecular weight is 268 g/mol. The van der Waals surface area contributed by atoms with E-state index in [0.717, 1.165) is 27.8 Å². The smallest absolute Gasteiger partial charge is 0.284 e. The van der Waals surface area contributed by atoms with Gasteiger partial charge in [0.1, 0.15) is 5.84 Å². The lowest BCUT2D eigenvalue weighted by Gasteiger charge is -2.17. The number of hydrogen-bond donors (Lipinski definition) is 1. The molecule has 0 saturated heterocycles. The van der Waals surface area contributed by atoms with Crippen molar-refractivity contribution in [3.63, 3.8) is 0 Å². The van der Waals surface area contributed by atoms with Gasteiger partial charge in [-0.3, -0.25) is 0 Å². The predicted molar refractivity (Wildman–Crippen MR) is 74.6 cm³/mol. The molecular formula is C13H20N2O2S. The van der Waals surface area contributed by atoms with Crippen LogP contribution in [0.2, 0.25) is 0 Å². The predicted octanol–water partition coefficient (Wildman–Crippen LogP) is 2.29. The molecule has 0 fully saturated rings. The molecule has 0 atom stereocenters. The Morgan fingerprint density at radius 3 is 1.56 bits per heavy atom. The van der Waals surface area contributed by atoms with Crippen LogP contribution in [0.25, 0.3) is 0 Å². The van der Waals surface area contributed by atoms with Crippen molar-refractivity contribution < 1.29 is 8.42 Å². The summed E-state index contributed by atoms with van der Waals surface area (Å²) < 4.78 is 28.0. The Morgan fingerprint density at radius 1 is 0.889 bits per heavy atom. The molecule has 0 amide bonds. The summed E-state index contributed by atoms with van der Waals surface area (Å²) in [5.74, 6) is 0.0460. The monoisotopic (exact) mass is 268 g/mol. The summed E-state index contributed by atoms with van der Waals surface area (Å²) in [4.78, 5) is 0.285. The van der Waals surface area contributed by atoms with Gasteiger partial charge < -0.3 is 5.73 Å². The van der Waals surface area contributed by atoms with Crippen LogP contribution in [-0.2, 0) is 10.0 Å². The Bertz CT molecular complexity index is 596. The average Bonchev–Trinajstić information content (AvgIpc) is 2.21. The van der Waals surface area contributed by atoms with Crippen molar-refractivity contribution in [1.82, 2.24) is 0 Å². The minimum Gasteiger partial charge on any atom is -0.387 e. The quantitative estimate of drug-likeness (QED) is 0.660. The van der Waals surface area contributed by atoms with Gasteiger partial charge in [-0.2, -0.15) is 8.42 Å². The minimum atomic E-state index is -3.72. The third-order valence-corrected chi connectivity index (χ3v) is 5.11. The molecule has 100 valence electrons. The Kier molecular flexibility index (Phi) is 3.86. The molecule has 0 unspecified atom stereocenters. The molecule has 18 heavy (non-hydrogen) atoms. The van der Waals surface area contributed by atoms with Gasteiger partial charge in [0.25, 0.3) is 10.0 Å². The van der Waals surface area contributed by atoms with E-state index < -0.39 is 10.0 Å². The fraction of sp³-hybridized carbons (Fsp3) is 0.462. The third kappa shape index (κ3) is 2.41. The largest absolute Gasteiger partial charge is 0.387 e. The number of hydrogen-bond acceptors (Lipinski definition) is 2. The number of benzene rings is 1. The van der Waals surface area contributed by atoms with Crippen LogP contribution < -0.4 is 5.73 Å². The fourth-order valence-corrected chi connectivity index (χ4v) is 3.64. The van der Waals surface area contributed by atoms with Crippen molar-refractivity contribution in [3.8, 4) is 0 Å². The van der Waals surface area contributed by atoms with E-state index in [1.807, 2.05) is 34.6 Å². The number of nitrogens with two attached hydrogens (primary N) is 1. The number of amidine groups is 1. The van der Waals surface area contributed by atoms with Crippen LogP contribution >= 0.6 is 0 Å².